The molecule has 1 amide bonds. The van der Waals surface area contributed by atoms with E-state index in [1.165, 1.54) is 10.6 Å². The Bertz CT molecular complexity index is 621. The summed E-state index contributed by atoms with van der Waals surface area (Å²) in [5, 5.41) is 3.33. The number of para-hydroxylation sites is 1. The SMILES string of the molecule is CN(C)C(=O)C1(Nc2ccccc2)CCN(S(C)(=O)=O)CC1. The van der Waals surface area contributed by atoms with Crippen molar-refractivity contribution in [2.24, 2.45) is 0 Å². The van der Waals surface area contributed by atoms with Crippen molar-refractivity contribution in [2.75, 3.05) is 38.8 Å². The highest BCUT2D eigenvalue weighted by molar-refractivity contribution is 7.88. The van der Waals surface area contributed by atoms with Gasteiger partial charge in [0.2, 0.25) is 15.9 Å². The molecule has 0 aromatic heterocycles. The predicted octanol–water partition coefficient (Wildman–Crippen LogP) is 0.981. The summed E-state index contributed by atoms with van der Waals surface area (Å²) in [5.74, 6) is -0.0236. The monoisotopic (exact) mass is 325 g/mol. The molecule has 1 saturated heterocycles. The first-order valence-corrected chi connectivity index (χ1v) is 9.09. The Morgan fingerprint density at radius 2 is 1.73 bits per heavy atom. The molecule has 2 rings (SSSR count). The van der Waals surface area contributed by atoms with Crippen LogP contribution in [0.1, 0.15) is 12.8 Å². The third-order valence-corrected chi connectivity index (χ3v) is 5.32. The first kappa shape index (κ1) is 16.8. The highest BCUT2D eigenvalue weighted by atomic mass is 32.2. The van der Waals surface area contributed by atoms with Crippen LogP contribution in [0.4, 0.5) is 5.69 Å². The third kappa shape index (κ3) is 3.59. The molecule has 1 N–H and O–H groups in total. The van der Waals surface area contributed by atoms with E-state index in [-0.39, 0.29) is 5.91 Å². The van der Waals surface area contributed by atoms with Gasteiger partial charge in [-0.25, -0.2) is 12.7 Å². The van der Waals surface area contributed by atoms with Gasteiger partial charge in [0.05, 0.1) is 6.26 Å². The van der Waals surface area contributed by atoms with Gasteiger partial charge in [0.15, 0.2) is 0 Å². The lowest BCUT2D eigenvalue weighted by molar-refractivity contribution is -0.134. The van der Waals surface area contributed by atoms with Gasteiger partial charge in [-0.15, -0.1) is 0 Å². The van der Waals surface area contributed by atoms with Crippen molar-refractivity contribution < 1.29 is 13.2 Å². The molecule has 0 spiro atoms. The average Bonchev–Trinajstić information content (AvgIpc) is 2.47. The third-order valence-electron chi connectivity index (χ3n) is 4.02. The molecule has 0 aliphatic carbocycles. The number of carbonyl (C=O) groups excluding carboxylic acids is 1. The van der Waals surface area contributed by atoms with Gasteiger partial charge in [0.25, 0.3) is 0 Å². The van der Waals surface area contributed by atoms with Gasteiger partial charge in [-0.05, 0) is 25.0 Å². The number of rotatable bonds is 4. The van der Waals surface area contributed by atoms with E-state index in [0.29, 0.717) is 25.9 Å². The summed E-state index contributed by atoms with van der Waals surface area (Å²) in [7, 11) is 0.230. The van der Waals surface area contributed by atoms with E-state index in [2.05, 4.69) is 5.32 Å². The summed E-state index contributed by atoms with van der Waals surface area (Å²) in [6.45, 7) is 0.691. The summed E-state index contributed by atoms with van der Waals surface area (Å²) in [5.41, 5.74) is 0.108. The quantitative estimate of drug-likeness (QED) is 0.896. The van der Waals surface area contributed by atoms with E-state index in [1.807, 2.05) is 30.3 Å². The van der Waals surface area contributed by atoms with E-state index in [0.717, 1.165) is 5.69 Å². The van der Waals surface area contributed by atoms with Gasteiger partial charge < -0.3 is 10.2 Å². The van der Waals surface area contributed by atoms with Crippen molar-refractivity contribution >= 4 is 21.6 Å². The second-order valence-electron chi connectivity index (χ2n) is 5.93. The van der Waals surface area contributed by atoms with Crippen LogP contribution in [-0.2, 0) is 14.8 Å². The van der Waals surface area contributed by atoms with Crippen LogP contribution in [0.2, 0.25) is 0 Å². The van der Waals surface area contributed by atoms with E-state index < -0.39 is 15.6 Å². The van der Waals surface area contributed by atoms with Crippen LogP contribution in [0.25, 0.3) is 0 Å². The summed E-state index contributed by atoms with van der Waals surface area (Å²) < 4.78 is 24.8. The molecule has 0 unspecified atom stereocenters. The number of anilines is 1. The fourth-order valence-corrected chi connectivity index (χ4v) is 3.66. The zero-order chi connectivity index (χ0) is 16.4. The van der Waals surface area contributed by atoms with Crippen LogP contribution in [0.5, 0.6) is 0 Å². The highest BCUT2D eigenvalue weighted by Gasteiger charge is 2.43. The van der Waals surface area contributed by atoms with Crippen LogP contribution in [0, 0.1) is 0 Å². The standard InChI is InChI=1S/C15H23N3O3S/c1-17(2)14(19)15(16-13-7-5-4-6-8-13)9-11-18(12-10-15)22(3,20)21/h4-8,16H,9-12H2,1-3H3. The molecule has 22 heavy (non-hydrogen) atoms. The maximum absolute atomic E-state index is 12.7. The van der Waals surface area contributed by atoms with Crippen LogP contribution in [0.3, 0.4) is 0 Å². The topological polar surface area (TPSA) is 69.7 Å². The Morgan fingerprint density at radius 1 is 1.18 bits per heavy atom. The second-order valence-corrected chi connectivity index (χ2v) is 7.92. The lowest BCUT2D eigenvalue weighted by Gasteiger charge is -2.42. The van der Waals surface area contributed by atoms with Crippen LogP contribution in [0.15, 0.2) is 30.3 Å². The molecule has 1 aliphatic rings. The number of benzene rings is 1. The first-order chi connectivity index (χ1) is 10.2. The van der Waals surface area contributed by atoms with E-state index in [9.17, 15) is 13.2 Å². The summed E-state index contributed by atoms with van der Waals surface area (Å²) in [6.07, 6.45) is 2.11. The number of hydrogen-bond donors (Lipinski definition) is 1. The normalized spacial score (nSPS) is 18.7. The van der Waals surface area contributed by atoms with Gasteiger partial charge in [0, 0.05) is 32.9 Å². The largest absolute Gasteiger partial charge is 0.371 e. The lowest BCUT2D eigenvalue weighted by Crippen LogP contribution is -2.58. The number of hydrogen-bond acceptors (Lipinski definition) is 4. The molecule has 1 aromatic rings. The molecule has 0 bridgehead atoms. The van der Waals surface area contributed by atoms with Crippen molar-refractivity contribution in [3.8, 4) is 0 Å². The molecule has 6 nitrogen and oxygen atoms in total. The van der Waals surface area contributed by atoms with Gasteiger partial charge >= 0.3 is 0 Å². The summed E-state index contributed by atoms with van der Waals surface area (Å²) >= 11 is 0. The van der Waals surface area contributed by atoms with E-state index >= 15 is 0 Å². The molecule has 0 radical (unpaired) electrons. The van der Waals surface area contributed by atoms with Crippen LogP contribution in [-0.4, -0.2) is 62.5 Å². The number of piperidine rings is 1. The molecular weight excluding hydrogens is 302 g/mol. The number of nitrogens with zero attached hydrogens (tertiary/aromatic N) is 2. The van der Waals surface area contributed by atoms with E-state index in [4.69, 9.17) is 0 Å². The highest BCUT2D eigenvalue weighted by Crippen LogP contribution is 2.29. The van der Waals surface area contributed by atoms with Gasteiger partial charge in [-0.1, -0.05) is 18.2 Å². The molecule has 122 valence electrons. The molecule has 0 atom stereocenters. The molecule has 1 aromatic carbocycles. The van der Waals surface area contributed by atoms with Crippen molar-refractivity contribution in [3.63, 3.8) is 0 Å². The molecule has 1 heterocycles. The lowest BCUT2D eigenvalue weighted by atomic mass is 9.86. The van der Waals surface area contributed by atoms with Crippen LogP contribution >= 0.6 is 0 Å². The van der Waals surface area contributed by atoms with Crippen LogP contribution < -0.4 is 5.32 Å². The Morgan fingerprint density at radius 3 is 2.18 bits per heavy atom. The Hall–Kier alpha value is -1.60. The zero-order valence-electron chi connectivity index (χ0n) is 13.2. The predicted molar refractivity (Wildman–Crippen MR) is 87.1 cm³/mol. The molecule has 0 saturated carbocycles. The smallest absolute Gasteiger partial charge is 0.247 e. The number of carbonyl (C=O) groups is 1. The zero-order valence-corrected chi connectivity index (χ0v) is 14.1. The number of sulfonamides is 1. The van der Waals surface area contributed by atoms with Gasteiger partial charge in [-0.3, -0.25) is 4.79 Å². The number of nitrogens with one attached hydrogen (secondary N) is 1. The number of amides is 1. The second kappa shape index (κ2) is 6.26. The van der Waals surface area contributed by atoms with Crippen molar-refractivity contribution in [2.45, 2.75) is 18.4 Å². The molecule has 7 heteroatoms. The minimum Gasteiger partial charge on any atom is -0.371 e. The Labute approximate surface area is 132 Å². The number of likely N-dealkylation sites (N-methyl/N-ethyl adjacent to an activating group) is 1. The van der Waals surface area contributed by atoms with Gasteiger partial charge in [0.1, 0.15) is 5.54 Å². The minimum atomic E-state index is -3.21. The Balaban J connectivity index is 2.24. The summed E-state index contributed by atoms with van der Waals surface area (Å²) in [4.78, 5) is 14.2. The fourth-order valence-electron chi connectivity index (χ4n) is 2.82. The maximum atomic E-state index is 12.7. The molecular formula is C15H23N3O3S. The first-order valence-electron chi connectivity index (χ1n) is 7.25. The maximum Gasteiger partial charge on any atom is 0.247 e. The van der Waals surface area contributed by atoms with Crippen molar-refractivity contribution in [1.82, 2.24) is 9.21 Å². The van der Waals surface area contributed by atoms with Crippen molar-refractivity contribution in [1.29, 1.82) is 0 Å². The van der Waals surface area contributed by atoms with E-state index in [1.54, 1.807) is 19.0 Å². The average molecular weight is 325 g/mol. The van der Waals surface area contributed by atoms with Crippen molar-refractivity contribution in [3.05, 3.63) is 30.3 Å². The van der Waals surface area contributed by atoms with Gasteiger partial charge in [-0.2, -0.15) is 0 Å². The Kier molecular flexibility index (Phi) is 4.77. The fraction of sp³-hybridized carbons (Fsp3) is 0.533. The summed E-state index contributed by atoms with van der Waals surface area (Å²) in [6, 6.07) is 9.54. The minimum absolute atomic E-state index is 0.0236. The molecule has 1 fully saturated rings. The molecule has 1 aliphatic heterocycles.